The SMILES string of the molecule is O=C(/C=C/Nc1ccc(NS(=O)(=O)c2ncccn2)cc1)c1cc2c(ccc3ccccc32)oc1=O. The molecule has 0 fully saturated rings. The molecule has 2 N–H and O–H groups in total. The summed E-state index contributed by atoms with van der Waals surface area (Å²) in [5.74, 6) is -0.515. The summed E-state index contributed by atoms with van der Waals surface area (Å²) < 4.78 is 32.4. The summed E-state index contributed by atoms with van der Waals surface area (Å²) >= 11 is 0. The smallest absolute Gasteiger partial charge is 0.347 e. The zero-order valence-electron chi connectivity index (χ0n) is 18.6. The van der Waals surface area contributed by atoms with Crippen LogP contribution >= 0.6 is 0 Å². The number of hydrogen-bond donors (Lipinski definition) is 2. The second-order valence-electron chi connectivity index (χ2n) is 7.70. The van der Waals surface area contributed by atoms with Crippen LogP contribution in [0.3, 0.4) is 0 Å². The van der Waals surface area contributed by atoms with E-state index >= 15 is 0 Å². The molecule has 0 spiro atoms. The molecule has 5 aromatic rings. The molecule has 9 nitrogen and oxygen atoms in total. The van der Waals surface area contributed by atoms with E-state index in [2.05, 4.69) is 20.0 Å². The van der Waals surface area contributed by atoms with Crippen molar-refractivity contribution in [1.29, 1.82) is 0 Å². The number of ketones is 1. The Morgan fingerprint density at radius 2 is 1.58 bits per heavy atom. The molecule has 0 amide bonds. The average Bonchev–Trinajstić information content (AvgIpc) is 2.89. The zero-order valence-corrected chi connectivity index (χ0v) is 19.4. The Morgan fingerprint density at radius 3 is 2.36 bits per heavy atom. The van der Waals surface area contributed by atoms with Gasteiger partial charge in [0.1, 0.15) is 11.1 Å². The van der Waals surface area contributed by atoms with Gasteiger partial charge in [-0.3, -0.25) is 9.52 Å². The first kappa shape index (κ1) is 22.9. The number of carbonyl (C=O) groups excluding carboxylic acids is 1. The van der Waals surface area contributed by atoms with E-state index in [0.717, 1.165) is 10.8 Å². The fraction of sp³-hybridized carbons (Fsp3) is 0. The Kier molecular flexibility index (Phi) is 6.01. The van der Waals surface area contributed by atoms with Gasteiger partial charge in [0, 0.05) is 41.4 Å². The number of sulfonamides is 1. The maximum atomic E-state index is 12.7. The number of benzene rings is 3. The first-order valence-electron chi connectivity index (χ1n) is 10.7. The van der Waals surface area contributed by atoms with E-state index in [1.54, 1.807) is 36.4 Å². The Hall–Kier alpha value is -4.83. The van der Waals surface area contributed by atoms with Crippen molar-refractivity contribution in [2.45, 2.75) is 5.16 Å². The van der Waals surface area contributed by atoms with Crippen LogP contribution in [0.25, 0.3) is 21.7 Å². The third kappa shape index (κ3) is 4.70. The van der Waals surface area contributed by atoms with Gasteiger partial charge in [-0.25, -0.2) is 14.8 Å². The molecule has 36 heavy (non-hydrogen) atoms. The lowest BCUT2D eigenvalue weighted by Crippen LogP contribution is -2.15. The van der Waals surface area contributed by atoms with Crippen LogP contribution in [-0.4, -0.2) is 24.2 Å². The predicted octanol–water partition coefficient (Wildman–Crippen LogP) is 4.35. The van der Waals surface area contributed by atoms with Gasteiger partial charge >= 0.3 is 5.63 Å². The maximum Gasteiger partial charge on any atom is 0.347 e. The van der Waals surface area contributed by atoms with Gasteiger partial charge in [0.05, 0.1) is 0 Å². The van der Waals surface area contributed by atoms with Gasteiger partial charge in [0.2, 0.25) is 0 Å². The number of fused-ring (bicyclic) bond motifs is 3. The van der Waals surface area contributed by atoms with Crippen molar-refractivity contribution in [1.82, 2.24) is 9.97 Å². The molecule has 0 aliphatic carbocycles. The van der Waals surface area contributed by atoms with Gasteiger partial charge in [0.15, 0.2) is 5.78 Å². The fourth-order valence-corrected chi connectivity index (χ4v) is 4.54. The van der Waals surface area contributed by atoms with Crippen LogP contribution < -0.4 is 15.7 Å². The molecule has 2 aromatic heterocycles. The van der Waals surface area contributed by atoms with Crippen molar-refractivity contribution in [3.8, 4) is 0 Å². The zero-order chi connectivity index (χ0) is 25.1. The Bertz CT molecular complexity index is 1780. The summed E-state index contributed by atoms with van der Waals surface area (Å²) in [7, 11) is -3.91. The average molecular weight is 499 g/mol. The molecule has 2 heterocycles. The van der Waals surface area contributed by atoms with Gasteiger partial charge in [-0.1, -0.05) is 30.3 Å². The number of carbonyl (C=O) groups is 1. The maximum absolute atomic E-state index is 12.7. The van der Waals surface area contributed by atoms with Crippen LogP contribution in [0.15, 0.2) is 112 Å². The quantitative estimate of drug-likeness (QED) is 0.111. The minimum atomic E-state index is -3.91. The monoisotopic (exact) mass is 498 g/mol. The minimum Gasteiger partial charge on any atom is -0.422 e. The third-order valence-electron chi connectivity index (χ3n) is 5.31. The Labute approximate surface area is 205 Å². The lowest BCUT2D eigenvalue weighted by Gasteiger charge is -2.07. The van der Waals surface area contributed by atoms with E-state index in [1.165, 1.54) is 30.7 Å². The van der Waals surface area contributed by atoms with Crippen molar-refractivity contribution in [2.24, 2.45) is 0 Å². The number of nitrogens with zero attached hydrogens (tertiary/aromatic N) is 2. The molecular weight excluding hydrogens is 480 g/mol. The number of aromatic nitrogens is 2. The second-order valence-corrected chi connectivity index (χ2v) is 9.28. The van der Waals surface area contributed by atoms with Crippen molar-refractivity contribution >= 4 is 48.9 Å². The third-order valence-corrected chi connectivity index (χ3v) is 6.51. The Morgan fingerprint density at radius 1 is 0.861 bits per heavy atom. The largest absolute Gasteiger partial charge is 0.422 e. The summed E-state index contributed by atoms with van der Waals surface area (Å²) in [5, 5.41) is 5.11. The van der Waals surface area contributed by atoms with Crippen LogP contribution in [0.5, 0.6) is 0 Å². The van der Waals surface area contributed by atoms with Gasteiger partial charge < -0.3 is 9.73 Å². The molecule has 0 aliphatic rings. The lowest BCUT2D eigenvalue weighted by atomic mass is 10.0. The highest BCUT2D eigenvalue weighted by Gasteiger charge is 2.17. The molecule has 0 bridgehead atoms. The normalized spacial score (nSPS) is 11.7. The topological polar surface area (TPSA) is 131 Å². The molecule has 0 atom stereocenters. The minimum absolute atomic E-state index is 0.0789. The van der Waals surface area contributed by atoms with Crippen LogP contribution in [0.1, 0.15) is 10.4 Å². The van der Waals surface area contributed by atoms with Crippen LogP contribution in [0, 0.1) is 0 Å². The van der Waals surface area contributed by atoms with Gasteiger partial charge in [-0.15, -0.1) is 0 Å². The highest BCUT2D eigenvalue weighted by molar-refractivity contribution is 7.92. The molecular formula is C26H18N4O5S. The number of hydrogen-bond acceptors (Lipinski definition) is 8. The number of allylic oxidation sites excluding steroid dienone is 1. The molecule has 0 saturated carbocycles. The van der Waals surface area contributed by atoms with Gasteiger partial charge in [-0.05, 0) is 53.2 Å². The molecule has 10 heteroatoms. The molecule has 0 saturated heterocycles. The van der Waals surface area contributed by atoms with E-state index in [9.17, 15) is 18.0 Å². The molecule has 5 rings (SSSR count). The Balaban J connectivity index is 1.30. The van der Waals surface area contributed by atoms with E-state index in [0.29, 0.717) is 22.3 Å². The van der Waals surface area contributed by atoms with E-state index in [-0.39, 0.29) is 10.7 Å². The van der Waals surface area contributed by atoms with Crippen molar-refractivity contribution < 1.29 is 17.6 Å². The molecule has 3 aromatic carbocycles. The van der Waals surface area contributed by atoms with E-state index in [4.69, 9.17) is 4.42 Å². The van der Waals surface area contributed by atoms with Crippen LogP contribution in [0.4, 0.5) is 11.4 Å². The first-order chi connectivity index (χ1) is 17.4. The summed E-state index contributed by atoms with van der Waals surface area (Å²) in [6.45, 7) is 0. The second kappa shape index (κ2) is 9.43. The predicted molar refractivity (Wildman–Crippen MR) is 136 cm³/mol. The number of nitrogens with one attached hydrogen (secondary N) is 2. The van der Waals surface area contributed by atoms with Crippen molar-refractivity contribution in [3.05, 3.63) is 113 Å². The number of anilines is 2. The van der Waals surface area contributed by atoms with Crippen LogP contribution in [0.2, 0.25) is 0 Å². The van der Waals surface area contributed by atoms with Crippen molar-refractivity contribution in [2.75, 3.05) is 10.0 Å². The molecule has 0 radical (unpaired) electrons. The summed E-state index contributed by atoms with van der Waals surface area (Å²) in [6.07, 6.45) is 5.30. The first-order valence-corrected chi connectivity index (χ1v) is 12.2. The molecule has 0 unspecified atom stereocenters. The molecule has 0 aliphatic heterocycles. The summed E-state index contributed by atoms with van der Waals surface area (Å²) in [4.78, 5) is 32.6. The van der Waals surface area contributed by atoms with Crippen LogP contribution in [-0.2, 0) is 10.0 Å². The molecule has 178 valence electrons. The number of rotatable bonds is 7. The van der Waals surface area contributed by atoms with E-state index < -0.39 is 21.4 Å². The fourth-order valence-electron chi connectivity index (χ4n) is 3.61. The lowest BCUT2D eigenvalue weighted by molar-refractivity contribution is 0.104. The highest BCUT2D eigenvalue weighted by atomic mass is 32.2. The van der Waals surface area contributed by atoms with Gasteiger partial charge in [0.25, 0.3) is 15.2 Å². The van der Waals surface area contributed by atoms with Gasteiger partial charge in [-0.2, -0.15) is 8.42 Å². The summed E-state index contributed by atoms with van der Waals surface area (Å²) in [6, 6.07) is 20.6. The highest BCUT2D eigenvalue weighted by Crippen LogP contribution is 2.25. The standard InChI is InChI=1S/C26H18N4O5S/c31-23(22-16-21-20-5-2-1-4-17(20)6-11-24(21)35-25(22)32)12-15-27-18-7-9-19(10-8-18)30-36(33,34)26-28-13-3-14-29-26/h1-16,27,30H/b15-12+. The van der Waals surface area contributed by atoms with Crippen molar-refractivity contribution in [3.63, 3.8) is 0 Å². The van der Waals surface area contributed by atoms with E-state index in [1.807, 2.05) is 30.3 Å². The summed E-state index contributed by atoms with van der Waals surface area (Å²) in [5.41, 5.74) is 0.520.